The van der Waals surface area contributed by atoms with Crippen LogP contribution in [0.25, 0.3) is 55.3 Å². The maximum absolute atomic E-state index is 6.49. The predicted octanol–water partition coefficient (Wildman–Crippen LogP) is 13.7. The van der Waals surface area contributed by atoms with Gasteiger partial charge in [-0.3, -0.25) is 4.99 Å². The molecule has 3 nitrogen and oxygen atoms in total. The molecule has 0 fully saturated rings. The number of hydrogen-bond donors (Lipinski definition) is 0. The summed E-state index contributed by atoms with van der Waals surface area (Å²) >= 11 is 0. The molecule has 1 aliphatic heterocycles. The quantitative estimate of drug-likeness (QED) is 0.168. The molecule has 0 saturated heterocycles. The normalized spacial score (nSPS) is 12.2. The SMILES string of the molecule is c1ccc(-c2ccc(N(c3ccc(-c4ccccc4)cc3)c3ccc4oc5cc(-c6ccc(C7=Nc8ccccc8C7)cc6)ccc5c4c3)cc2)cc1. The van der Waals surface area contributed by atoms with Crippen LogP contribution in [0.4, 0.5) is 22.7 Å². The molecule has 1 aliphatic rings. The van der Waals surface area contributed by atoms with Gasteiger partial charge in [-0.1, -0.05) is 133 Å². The summed E-state index contributed by atoms with van der Waals surface area (Å²) in [6.07, 6.45) is 0.873. The Morgan fingerprint density at radius 2 is 0.887 bits per heavy atom. The van der Waals surface area contributed by atoms with E-state index < -0.39 is 0 Å². The lowest BCUT2D eigenvalue weighted by Gasteiger charge is -2.26. The first-order valence-electron chi connectivity index (χ1n) is 18.1. The Hall–Kier alpha value is -6.97. The van der Waals surface area contributed by atoms with Crippen LogP contribution in [0.3, 0.4) is 0 Å². The highest BCUT2D eigenvalue weighted by Gasteiger charge is 2.18. The van der Waals surface area contributed by atoms with Crippen LogP contribution in [0.5, 0.6) is 0 Å². The van der Waals surface area contributed by atoms with Gasteiger partial charge in [0.05, 0.1) is 11.4 Å². The minimum atomic E-state index is 0.869. The molecule has 53 heavy (non-hydrogen) atoms. The summed E-state index contributed by atoms with van der Waals surface area (Å²) in [5.74, 6) is 0. The van der Waals surface area contributed by atoms with Gasteiger partial charge in [-0.2, -0.15) is 0 Å². The fourth-order valence-electron chi connectivity index (χ4n) is 7.55. The fourth-order valence-corrected chi connectivity index (χ4v) is 7.55. The predicted molar refractivity (Wildman–Crippen MR) is 221 cm³/mol. The van der Waals surface area contributed by atoms with Crippen molar-refractivity contribution in [3.8, 4) is 33.4 Å². The van der Waals surface area contributed by atoms with Crippen molar-refractivity contribution in [2.24, 2.45) is 4.99 Å². The van der Waals surface area contributed by atoms with Gasteiger partial charge in [0.15, 0.2) is 0 Å². The molecule has 0 spiro atoms. The topological polar surface area (TPSA) is 28.7 Å². The van der Waals surface area contributed by atoms with Crippen LogP contribution >= 0.6 is 0 Å². The minimum Gasteiger partial charge on any atom is -0.456 e. The number of para-hydroxylation sites is 1. The maximum atomic E-state index is 6.49. The van der Waals surface area contributed by atoms with E-state index in [-0.39, 0.29) is 0 Å². The van der Waals surface area contributed by atoms with Crippen LogP contribution in [-0.4, -0.2) is 5.71 Å². The van der Waals surface area contributed by atoms with Crippen molar-refractivity contribution in [2.45, 2.75) is 6.42 Å². The van der Waals surface area contributed by atoms with Crippen molar-refractivity contribution in [3.05, 3.63) is 205 Å². The smallest absolute Gasteiger partial charge is 0.136 e. The first kappa shape index (κ1) is 30.8. The first-order chi connectivity index (χ1) is 26.2. The van der Waals surface area contributed by atoms with Gasteiger partial charge in [0, 0.05) is 34.3 Å². The molecule has 9 aromatic rings. The molecule has 0 N–H and O–H groups in total. The second-order valence-electron chi connectivity index (χ2n) is 13.6. The van der Waals surface area contributed by atoms with Crippen LogP contribution < -0.4 is 4.90 Å². The van der Waals surface area contributed by atoms with Crippen LogP contribution in [0.2, 0.25) is 0 Å². The molecule has 0 radical (unpaired) electrons. The van der Waals surface area contributed by atoms with Crippen LogP contribution in [0, 0.1) is 0 Å². The van der Waals surface area contributed by atoms with Gasteiger partial charge in [-0.25, -0.2) is 0 Å². The summed E-state index contributed by atoms with van der Waals surface area (Å²) in [5.41, 5.74) is 16.7. The molecule has 8 aromatic carbocycles. The Balaban J connectivity index is 0.999. The van der Waals surface area contributed by atoms with E-state index >= 15 is 0 Å². The molecule has 0 atom stereocenters. The number of fused-ring (bicyclic) bond motifs is 4. The maximum Gasteiger partial charge on any atom is 0.136 e. The number of nitrogens with zero attached hydrogens (tertiary/aromatic N) is 2. The monoisotopic (exact) mass is 678 g/mol. The van der Waals surface area contributed by atoms with Gasteiger partial charge in [0.1, 0.15) is 11.2 Å². The Morgan fingerprint density at radius 3 is 1.53 bits per heavy atom. The van der Waals surface area contributed by atoms with Gasteiger partial charge in [0.25, 0.3) is 0 Å². The summed E-state index contributed by atoms with van der Waals surface area (Å²) in [7, 11) is 0. The van der Waals surface area contributed by atoms with E-state index in [0.29, 0.717) is 0 Å². The fraction of sp³-hybridized carbons (Fsp3) is 0.0200. The van der Waals surface area contributed by atoms with Crippen molar-refractivity contribution in [3.63, 3.8) is 0 Å². The summed E-state index contributed by atoms with van der Waals surface area (Å²) in [6.45, 7) is 0. The average Bonchev–Trinajstić information content (AvgIpc) is 3.84. The molecule has 2 heterocycles. The van der Waals surface area contributed by atoms with E-state index in [2.05, 4.69) is 199 Å². The largest absolute Gasteiger partial charge is 0.456 e. The van der Waals surface area contributed by atoms with Crippen LogP contribution in [0.15, 0.2) is 204 Å². The van der Waals surface area contributed by atoms with Gasteiger partial charge in [0.2, 0.25) is 0 Å². The number of benzene rings is 8. The standard InChI is InChI=1S/C50H34N2O/c1-3-9-34(10-4-1)36-19-24-42(25-20-36)52(43-26-21-37(22-27-43)35-11-5-2-6-12-35)44-28-30-49-46(33-44)45-29-23-40(32-50(45)53-49)38-15-17-39(18-16-38)48-31-41-13-7-8-14-47(41)51-48/h1-30,32-33H,31H2. The van der Waals surface area contributed by atoms with E-state index in [1.165, 1.54) is 27.8 Å². The van der Waals surface area contributed by atoms with Crippen molar-refractivity contribution >= 4 is 50.4 Å². The molecule has 10 rings (SSSR count). The lowest BCUT2D eigenvalue weighted by Crippen LogP contribution is -2.09. The Labute approximate surface area is 308 Å². The van der Waals surface area contributed by atoms with E-state index in [9.17, 15) is 0 Å². The van der Waals surface area contributed by atoms with Gasteiger partial charge in [-0.05, 0) is 105 Å². The summed E-state index contributed by atoms with van der Waals surface area (Å²) in [5, 5.41) is 2.18. The Kier molecular flexibility index (Phi) is 7.54. The molecular formula is C50H34N2O. The number of aliphatic imine (C=N–C) groups is 1. The van der Waals surface area contributed by atoms with E-state index in [1.54, 1.807) is 0 Å². The lowest BCUT2D eigenvalue weighted by molar-refractivity contribution is 0.669. The number of furan rings is 1. The molecule has 3 heteroatoms. The number of rotatable bonds is 7. The first-order valence-corrected chi connectivity index (χ1v) is 18.1. The zero-order valence-electron chi connectivity index (χ0n) is 29.0. The highest BCUT2D eigenvalue weighted by Crippen LogP contribution is 2.41. The summed E-state index contributed by atoms with van der Waals surface area (Å²) in [4.78, 5) is 7.20. The number of anilines is 3. The van der Waals surface area contributed by atoms with E-state index in [1.807, 2.05) is 0 Å². The van der Waals surface area contributed by atoms with Gasteiger partial charge < -0.3 is 9.32 Å². The summed E-state index contributed by atoms with van der Waals surface area (Å²) < 4.78 is 6.49. The van der Waals surface area contributed by atoms with Crippen molar-refractivity contribution in [1.29, 1.82) is 0 Å². The second kappa shape index (κ2) is 13.0. The Bertz CT molecular complexity index is 2680. The van der Waals surface area contributed by atoms with Crippen molar-refractivity contribution in [1.82, 2.24) is 0 Å². The Morgan fingerprint density at radius 1 is 0.377 bits per heavy atom. The van der Waals surface area contributed by atoms with Crippen molar-refractivity contribution in [2.75, 3.05) is 4.90 Å². The van der Waals surface area contributed by atoms with E-state index in [4.69, 9.17) is 9.41 Å². The summed E-state index contributed by atoms with van der Waals surface area (Å²) in [6, 6.07) is 68.9. The third-order valence-electron chi connectivity index (χ3n) is 10.3. The molecule has 250 valence electrons. The zero-order chi connectivity index (χ0) is 35.1. The lowest BCUT2D eigenvalue weighted by atomic mass is 9.99. The molecule has 1 aromatic heterocycles. The van der Waals surface area contributed by atoms with Gasteiger partial charge in [-0.15, -0.1) is 0 Å². The third kappa shape index (κ3) is 5.79. The molecule has 0 unspecified atom stereocenters. The van der Waals surface area contributed by atoms with E-state index in [0.717, 1.165) is 73.5 Å². The highest BCUT2D eigenvalue weighted by atomic mass is 16.3. The minimum absolute atomic E-state index is 0.869. The highest BCUT2D eigenvalue weighted by molar-refractivity contribution is 6.08. The molecule has 0 amide bonds. The van der Waals surface area contributed by atoms with Crippen molar-refractivity contribution < 1.29 is 4.42 Å². The zero-order valence-corrected chi connectivity index (χ0v) is 29.0. The second-order valence-corrected chi connectivity index (χ2v) is 13.6. The third-order valence-corrected chi connectivity index (χ3v) is 10.3. The number of hydrogen-bond acceptors (Lipinski definition) is 3. The van der Waals surface area contributed by atoms with Crippen LogP contribution in [-0.2, 0) is 6.42 Å². The van der Waals surface area contributed by atoms with Gasteiger partial charge >= 0.3 is 0 Å². The average molecular weight is 679 g/mol. The molecular weight excluding hydrogens is 645 g/mol. The molecule has 0 aliphatic carbocycles. The van der Waals surface area contributed by atoms with Crippen LogP contribution in [0.1, 0.15) is 11.1 Å². The molecule has 0 saturated carbocycles. The molecule has 0 bridgehead atoms.